The van der Waals surface area contributed by atoms with Gasteiger partial charge in [-0.3, -0.25) is 14.4 Å². The number of carbonyl (C=O) groups is 5. The van der Waals surface area contributed by atoms with Gasteiger partial charge >= 0.3 is 6.03 Å². The second kappa shape index (κ2) is 15.6. The second-order valence-corrected chi connectivity index (χ2v) is 11.9. The number of primary amides is 1. The van der Waals surface area contributed by atoms with Crippen LogP contribution in [0.1, 0.15) is 40.0 Å². The molecular formula is C31H41N7O7S. The Morgan fingerprint density at radius 3 is 2.43 bits per heavy atom. The highest BCUT2D eigenvalue weighted by Gasteiger charge is 2.62. The zero-order valence-electron chi connectivity index (χ0n) is 26.6. The van der Waals surface area contributed by atoms with E-state index in [1.165, 1.54) is 5.01 Å². The SMILES string of the molecule is CC1=CC(C(=O)NC(C=O)CCCNC(N)=O)N2C(=O)C(CC(C)C)(NOc3cccc4c(N(C)C)cccc34)C(=O)N2C1.O=S. The number of nitrogens with two attached hydrogens (primary N) is 1. The number of nitrogens with one attached hydrogen (secondary N) is 3. The summed E-state index contributed by atoms with van der Waals surface area (Å²) in [4.78, 5) is 72.6. The van der Waals surface area contributed by atoms with Gasteiger partial charge in [-0.05, 0) is 50.3 Å². The van der Waals surface area contributed by atoms with Crippen molar-refractivity contribution in [1.29, 1.82) is 0 Å². The maximum Gasteiger partial charge on any atom is 0.312 e. The van der Waals surface area contributed by atoms with Crippen LogP contribution in [-0.2, 0) is 31.7 Å². The Morgan fingerprint density at radius 2 is 1.80 bits per heavy atom. The van der Waals surface area contributed by atoms with Crippen molar-refractivity contribution in [2.24, 2.45) is 11.7 Å². The number of hydrogen-bond donors (Lipinski definition) is 4. The van der Waals surface area contributed by atoms with Crippen molar-refractivity contribution in [3.8, 4) is 5.75 Å². The molecule has 3 unspecified atom stereocenters. The number of fused-ring (bicyclic) bond motifs is 2. The summed E-state index contributed by atoms with van der Waals surface area (Å²) in [6.45, 7) is 5.92. The summed E-state index contributed by atoms with van der Waals surface area (Å²) in [5.41, 5.74) is 7.83. The minimum absolute atomic E-state index is 0.0933. The van der Waals surface area contributed by atoms with E-state index >= 15 is 0 Å². The van der Waals surface area contributed by atoms with Crippen LogP contribution in [0.25, 0.3) is 10.8 Å². The number of hydrazine groups is 1. The summed E-state index contributed by atoms with van der Waals surface area (Å²) < 4.78 is 7.83. The first-order chi connectivity index (χ1) is 21.9. The Kier molecular flexibility index (Phi) is 12.1. The van der Waals surface area contributed by atoms with Crippen LogP contribution in [0.15, 0.2) is 48.0 Å². The number of carbonyl (C=O) groups excluding carboxylic acids is 5. The molecule has 0 radical (unpaired) electrons. The van der Waals surface area contributed by atoms with E-state index < -0.39 is 41.4 Å². The van der Waals surface area contributed by atoms with Crippen molar-refractivity contribution in [3.05, 3.63) is 48.0 Å². The van der Waals surface area contributed by atoms with Gasteiger partial charge in [0.2, 0.25) is 11.4 Å². The number of hydroxylamine groups is 1. The first-order valence-corrected chi connectivity index (χ1v) is 15.1. The van der Waals surface area contributed by atoms with E-state index in [1.807, 2.05) is 63.2 Å². The van der Waals surface area contributed by atoms with Gasteiger partial charge in [-0.25, -0.2) is 14.8 Å². The molecule has 0 aliphatic carbocycles. The van der Waals surface area contributed by atoms with Gasteiger partial charge in [0, 0.05) is 37.1 Å². The van der Waals surface area contributed by atoms with Crippen LogP contribution in [0.4, 0.5) is 10.5 Å². The highest BCUT2D eigenvalue weighted by atomic mass is 32.1. The zero-order chi connectivity index (χ0) is 34.2. The third-order valence-electron chi connectivity index (χ3n) is 7.68. The topological polar surface area (TPSA) is 183 Å². The average molecular weight is 656 g/mol. The van der Waals surface area contributed by atoms with Gasteiger partial charge in [0.05, 0.1) is 12.6 Å². The van der Waals surface area contributed by atoms with E-state index in [4.69, 9.17) is 14.8 Å². The summed E-state index contributed by atoms with van der Waals surface area (Å²) >= 11 is 2.83. The fourth-order valence-electron chi connectivity index (χ4n) is 5.73. The van der Waals surface area contributed by atoms with Crippen molar-refractivity contribution >= 4 is 59.0 Å². The van der Waals surface area contributed by atoms with E-state index in [9.17, 15) is 24.0 Å². The van der Waals surface area contributed by atoms with Crippen LogP contribution in [0, 0.1) is 5.92 Å². The number of rotatable bonds is 13. The second-order valence-electron chi connectivity index (χ2n) is 11.9. The zero-order valence-corrected chi connectivity index (χ0v) is 27.4. The summed E-state index contributed by atoms with van der Waals surface area (Å²) in [5, 5.41) is 9.28. The van der Waals surface area contributed by atoms with Crippen LogP contribution in [0.3, 0.4) is 0 Å². The molecule has 0 bridgehead atoms. The molecule has 2 aliphatic rings. The lowest BCUT2D eigenvalue weighted by atomic mass is 9.88. The number of amides is 5. The van der Waals surface area contributed by atoms with Crippen molar-refractivity contribution in [1.82, 2.24) is 26.1 Å². The Balaban J connectivity index is 0.00000282. The van der Waals surface area contributed by atoms with Crippen molar-refractivity contribution in [2.75, 3.05) is 32.1 Å². The first-order valence-electron chi connectivity index (χ1n) is 14.8. The Bertz CT molecular complexity index is 1500. The molecule has 2 aromatic rings. The molecule has 2 aromatic carbocycles. The van der Waals surface area contributed by atoms with Gasteiger partial charge in [0.15, 0.2) is 24.3 Å². The Morgan fingerprint density at radius 1 is 1.13 bits per heavy atom. The molecule has 5 amide bonds. The molecule has 3 atom stereocenters. The molecule has 2 aliphatic heterocycles. The van der Waals surface area contributed by atoms with E-state index in [0.29, 0.717) is 24.0 Å². The van der Waals surface area contributed by atoms with Crippen molar-refractivity contribution in [2.45, 2.75) is 57.7 Å². The molecule has 0 saturated carbocycles. The molecule has 0 spiro atoms. The molecule has 248 valence electrons. The maximum absolute atomic E-state index is 14.3. The van der Waals surface area contributed by atoms with Crippen LogP contribution < -0.4 is 31.6 Å². The molecule has 14 nitrogen and oxygen atoms in total. The summed E-state index contributed by atoms with van der Waals surface area (Å²) in [5.74, 6) is -1.41. The minimum atomic E-state index is -1.79. The van der Waals surface area contributed by atoms with Gasteiger partial charge in [-0.1, -0.05) is 43.7 Å². The molecule has 2 heterocycles. The van der Waals surface area contributed by atoms with E-state index in [0.717, 1.165) is 21.5 Å². The molecule has 46 heavy (non-hydrogen) atoms. The van der Waals surface area contributed by atoms with E-state index in [1.54, 1.807) is 19.1 Å². The van der Waals surface area contributed by atoms with Crippen LogP contribution in [0.5, 0.6) is 5.75 Å². The Labute approximate surface area is 273 Å². The normalized spacial score (nSPS) is 19.5. The quantitative estimate of drug-likeness (QED) is 0.0806. The van der Waals surface area contributed by atoms with E-state index in [-0.39, 0.29) is 31.8 Å². The highest BCUT2D eigenvalue weighted by Crippen LogP contribution is 2.37. The fraction of sp³-hybridized carbons (Fsp3) is 0.452. The summed E-state index contributed by atoms with van der Waals surface area (Å²) in [6.07, 6.45) is 2.97. The first kappa shape index (κ1) is 35.8. The van der Waals surface area contributed by atoms with Crippen molar-refractivity contribution in [3.63, 3.8) is 0 Å². The lowest BCUT2D eigenvalue weighted by molar-refractivity contribution is -0.155. The number of anilines is 1. The Hall–Kier alpha value is -4.63. The lowest BCUT2D eigenvalue weighted by Gasteiger charge is -2.36. The van der Waals surface area contributed by atoms with Gasteiger partial charge in [0.25, 0.3) is 11.8 Å². The largest absolute Gasteiger partial charge is 0.407 e. The molecule has 0 aromatic heterocycles. The average Bonchev–Trinajstić information content (AvgIpc) is 3.22. The monoisotopic (exact) mass is 655 g/mol. The molecule has 1 fully saturated rings. The standard InChI is InChI=1S/C31H41N7O6.OS/c1-19(2)16-31(35-44-26-13-7-10-22-23(26)11-6-12-24(22)36(4)5)28(41)37-17-20(3)15-25(38(37)29(31)42)27(40)34-21(18-39)9-8-14-33-30(32)43;1-2/h6-7,10-13,15,18-19,21,25,35H,8-9,14,16-17H2,1-5H3,(H,34,40)(H3,32,33,43);. The summed E-state index contributed by atoms with van der Waals surface area (Å²) in [7, 11) is 3.89. The van der Waals surface area contributed by atoms with E-state index in [2.05, 4.69) is 28.6 Å². The predicted octanol–water partition coefficient (Wildman–Crippen LogP) is 1.28. The van der Waals surface area contributed by atoms with Crippen LogP contribution in [-0.4, -0.2) is 89.1 Å². The molecule has 1 saturated heterocycles. The maximum atomic E-state index is 14.3. The van der Waals surface area contributed by atoms with Crippen LogP contribution >= 0.6 is 0 Å². The summed E-state index contributed by atoms with van der Waals surface area (Å²) in [6, 6.07) is 8.66. The van der Waals surface area contributed by atoms with Gasteiger partial charge < -0.3 is 30.9 Å². The van der Waals surface area contributed by atoms with Gasteiger partial charge in [0.1, 0.15) is 6.29 Å². The number of urea groups is 1. The highest BCUT2D eigenvalue weighted by molar-refractivity contribution is 7.44. The molecule has 15 heteroatoms. The number of benzene rings is 2. The molecule has 4 rings (SSSR count). The molecule has 5 N–H and O–H groups in total. The van der Waals surface area contributed by atoms with Gasteiger partial charge in [-0.2, -0.15) is 4.21 Å². The third kappa shape index (κ3) is 7.59. The van der Waals surface area contributed by atoms with Crippen LogP contribution in [0.2, 0.25) is 0 Å². The third-order valence-corrected chi connectivity index (χ3v) is 7.68. The number of hydrogen-bond acceptors (Lipinski definition) is 10. The number of nitrogens with zero attached hydrogens (tertiary/aromatic N) is 3. The number of aldehydes is 1. The lowest BCUT2D eigenvalue weighted by Crippen LogP contribution is -2.59. The smallest absolute Gasteiger partial charge is 0.312 e. The van der Waals surface area contributed by atoms with Gasteiger partial charge in [-0.15, -0.1) is 5.48 Å². The molecular weight excluding hydrogens is 614 g/mol. The predicted molar refractivity (Wildman–Crippen MR) is 173 cm³/mol. The van der Waals surface area contributed by atoms with Crippen molar-refractivity contribution < 1.29 is 33.0 Å². The minimum Gasteiger partial charge on any atom is -0.407 e. The fourth-order valence-corrected chi connectivity index (χ4v) is 5.73.